The first kappa shape index (κ1) is 14.0. The van der Waals surface area contributed by atoms with Crippen molar-refractivity contribution < 1.29 is 13.6 Å². The van der Waals surface area contributed by atoms with Crippen LogP contribution in [0.3, 0.4) is 0 Å². The van der Waals surface area contributed by atoms with Gasteiger partial charge in [0.1, 0.15) is 11.6 Å². The Morgan fingerprint density at radius 3 is 2.53 bits per heavy atom. The molecule has 1 saturated carbocycles. The Hall–Kier alpha value is -1.45. The molecule has 0 unspecified atom stereocenters. The van der Waals surface area contributed by atoms with Crippen molar-refractivity contribution in [1.29, 1.82) is 0 Å². The summed E-state index contributed by atoms with van der Waals surface area (Å²) in [6.07, 6.45) is 5.37. The summed E-state index contributed by atoms with van der Waals surface area (Å²) in [6.45, 7) is 2.45. The molecule has 1 amide bonds. The smallest absolute Gasteiger partial charge is 0.257 e. The van der Waals surface area contributed by atoms with E-state index in [0.717, 1.165) is 37.8 Å². The summed E-state index contributed by atoms with van der Waals surface area (Å²) >= 11 is 0. The van der Waals surface area contributed by atoms with Crippen LogP contribution in [0.25, 0.3) is 0 Å². The van der Waals surface area contributed by atoms with Gasteiger partial charge in [-0.2, -0.15) is 0 Å². The summed E-state index contributed by atoms with van der Waals surface area (Å²) in [4.78, 5) is 14.1. The van der Waals surface area contributed by atoms with E-state index >= 15 is 0 Å². The molecule has 0 heterocycles. The Bertz CT molecular complexity index is 455. The Morgan fingerprint density at radius 1 is 1.26 bits per heavy atom. The summed E-state index contributed by atoms with van der Waals surface area (Å²) in [5, 5.41) is 0. The van der Waals surface area contributed by atoms with Gasteiger partial charge in [-0.3, -0.25) is 4.79 Å². The lowest BCUT2D eigenvalue weighted by molar-refractivity contribution is 0.0643. The minimum Gasteiger partial charge on any atom is -0.336 e. The molecule has 1 aliphatic carbocycles. The second kappa shape index (κ2) is 6.13. The lowest BCUT2D eigenvalue weighted by Crippen LogP contribution is -2.41. The van der Waals surface area contributed by atoms with Crippen molar-refractivity contribution in [2.24, 2.45) is 0 Å². The number of halogens is 2. The maximum absolute atomic E-state index is 13.7. The lowest BCUT2D eigenvalue weighted by Gasteiger charge is -2.33. The normalized spacial score (nSPS) is 16.4. The molecule has 2 nitrogen and oxygen atoms in total. The predicted molar refractivity (Wildman–Crippen MR) is 69.9 cm³/mol. The highest BCUT2D eigenvalue weighted by Gasteiger charge is 2.26. The largest absolute Gasteiger partial charge is 0.336 e. The van der Waals surface area contributed by atoms with Gasteiger partial charge >= 0.3 is 0 Å². The van der Waals surface area contributed by atoms with Gasteiger partial charge in [0.05, 0.1) is 5.56 Å². The van der Waals surface area contributed by atoms with Crippen LogP contribution in [0.4, 0.5) is 8.78 Å². The van der Waals surface area contributed by atoms with Crippen molar-refractivity contribution >= 4 is 5.91 Å². The van der Waals surface area contributed by atoms with Gasteiger partial charge in [-0.15, -0.1) is 0 Å². The van der Waals surface area contributed by atoms with Crippen LogP contribution >= 0.6 is 0 Å². The van der Waals surface area contributed by atoms with Gasteiger partial charge in [0, 0.05) is 18.7 Å². The average Bonchev–Trinajstić information content (AvgIpc) is 2.40. The number of carbonyl (C=O) groups is 1. The Labute approximate surface area is 112 Å². The SMILES string of the molecule is CCN(C(=O)c1ccc(F)cc1F)C1CCCCC1. The maximum atomic E-state index is 13.7. The zero-order valence-corrected chi connectivity index (χ0v) is 11.2. The van der Waals surface area contributed by atoms with E-state index < -0.39 is 11.6 Å². The zero-order chi connectivity index (χ0) is 13.8. The van der Waals surface area contributed by atoms with E-state index in [1.165, 1.54) is 12.5 Å². The summed E-state index contributed by atoms with van der Waals surface area (Å²) in [7, 11) is 0. The number of amides is 1. The molecule has 0 bridgehead atoms. The van der Waals surface area contributed by atoms with Crippen LogP contribution < -0.4 is 0 Å². The second-order valence-electron chi connectivity index (χ2n) is 5.01. The first-order valence-electron chi connectivity index (χ1n) is 6.89. The van der Waals surface area contributed by atoms with Crippen LogP contribution in [0.2, 0.25) is 0 Å². The molecule has 0 aromatic heterocycles. The minimum atomic E-state index is -0.778. The van der Waals surface area contributed by atoms with Crippen LogP contribution in [-0.4, -0.2) is 23.4 Å². The molecular formula is C15H19F2NO. The van der Waals surface area contributed by atoms with Crippen LogP contribution in [0.5, 0.6) is 0 Å². The van der Waals surface area contributed by atoms with Gasteiger partial charge in [-0.1, -0.05) is 19.3 Å². The predicted octanol–water partition coefficient (Wildman–Crippen LogP) is 3.76. The van der Waals surface area contributed by atoms with E-state index in [1.54, 1.807) is 4.90 Å². The quantitative estimate of drug-likeness (QED) is 0.816. The number of nitrogens with zero attached hydrogens (tertiary/aromatic N) is 1. The van der Waals surface area contributed by atoms with Crippen LogP contribution in [-0.2, 0) is 0 Å². The van der Waals surface area contributed by atoms with Gasteiger partial charge in [0.2, 0.25) is 0 Å². The lowest BCUT2D eigenvalue weighted by atomic mass is 9.93. The van der Waals surface area contributed by atoms with Crippen LogP contribution in [0.1, 0.15) is 49.4 Å². The van der Waals surface area contributed by atoms with Crippen molar-refractivity contribution in [2.45, 2.75) is 45.1 Å². The topological polar surface area (TPSA) is 20.3 Å². The van der Waals surface area contributed by atoms with E-state index in [9.17, 15) is 13.6 Å². The number of rotatable bonds is 3. The first-order chi connectivity index (χ1) is 9.13. The third kappa shape index (κ3) is 3.11. The number of benzene rings is 1. The third-order valence-corrected chi connectivity index (χ3v) is 3.78. The van der Waals surface area contributed by atoms with E-state index in [0.29, 0.717) is 6.54 Å². The maximum Gasteiger partial charge on any atom is 0.257 e. The Balaban J connectivity index is 2.19. The van der Waals surface area contributed by atoms with Gasteiger partial charge in [0.15, 0.2) is 0 Å². The molecule has 0 spiro atoms. The fourth-order valence-electron chi connectivity index (χ4n) is 2.78. The average molecular weight is 267 g/mol. The van der Waals surface area contributed by atoms with E-state index in [1.807, 2.05) is 6.92 Å². The standard InChI is InChI=1S/C15H19F2NO/c1-2-18(12-6-4-3-5-7-12)15(19)13-9-8-11(16)10-14(13)17/h8-10,12H,2-7H2,1H3. The second-order valence-corrected chi connectivity index (χ2v) is 5.01. The Kier molecular flexibility index (Phi) is 4.51. The minimum absolute atomic E-state index is 0.0335. The highest BCUT2D eigenvalue weighted by molar-refractivity contribution is 5.94. The summed E-state index contributed by atoms with van der Waals surface area (Å²) < 4.78 is 26.6. The van der Waals surface area contributed by atoms with Crippen molar-refractivity contribution in [3.8, 4) is 0 Å². The van der Waals surface area contributed by atoms with Gasteiger partial charge in [-0.25, -0.2) is 8.78 Å². The van der Waals surface area contributed by atoms with Gasteiger partial charge in [0.25, 0.3) is 5.91 Å². The molecule has 0 aliphatic heterocycles. The van der Waals surface area contributed by atoms with Crippen LogP contribution in [0, 0.1) is 11.6 Å². The molecule has 1 aromatic carbocycles. The molecule has 0 radical (unpaired) electrons. The van der Waals surface area contributed by atoms with E-state index in [4.69, 9.17) is 0 Å². The summed E-state index contributed by atoms with van der Waals surface area (Å²) in [5.41, 5.74) is -0.0335. The molecule has 0 saturated heterocycles. The fraction of sp³-hybridized carbons (Fsp3) is 0.533. The van der Waals surface area contributed by atoms with E-state index in [-0.39, 0.29) is 17.5 Å². The molecule has 104 valence electrons. The van der Waals surface area contributed by atoms with E-state index in [2.05, 4.69) is 0 Å². The monoisotopic (exact) mass is 267 g/mol. The molecule has 0 N–H and O–H groups in total. The van der Waals surface area contributed by atoms with Crippen molar-refractivity contribution in [1.82, 2.24) is 4.90 Å². The third-order valence-electron chi connectivity index (χ3n) is 3.78. The molecule has 0 atom stereocenters. The molecular weight excluding hydrogens is 248 g/mol. The molecule has 19 heavy (non-hydrogen) atoms. The molecule has 2 rings (SSSR count). The van der Waals surface area contributed by atoms with Crippen molar-refractivity contribution in [2.75, 3.05) is 6.54 Å². The molecule has 4 heteroatoms. The van der Waals surface area contributed by atoms with Crippen LogP contribution in [0.15, 0.2) is 18.2 Å². The summed E-state index contributed by atoms with van der Waals surface area (Å²) in [6, 6.07) is 3.32. The fourth-order valence-corrected chi connectivity index (χ4v) is 2.78. The number of carbonyl (C=O) groups excluding carboxylic acids is 1. The van der Waals surface area contributed by atoms with Gasteiger partial charge < -0.3 is 4.90 Å². The highest BCUT2D eigenvalue weighted by atomic mass is 19.1. The van der Waals surface area contributed by atoms with Gasteiger partial charge in [-0.05, 0) is 31.9 Å². The number of hydrogen-bond donors (Lipinski definition) is 0. The van der Waals surface area contributed by atoms with Crippen molar-refractivity contribution in [3.05, 3.63) is 35.4 Å². The molecule has 1 aliphatic rings. The summed E-state index contributed by atoms with van der Waals surface area (Å²) in [5.74, 6) is -1.76. The molecule has 1 aromatic rings. The van der Waals surface area contributed by atoms with Crippen molar-refractivity contribution in [3.63, 3.8) is 0 Å². The Morgan fingerprint density at radius 2 is 1.95 bits per heavy atom. The molecule has 1 fully saturated rings. The zero-order valence-electron chi connectivity index (χ0n) is 11.2. The first-order valence-corrected chi connectivity index (χ1v) is 6.89. The highest BCUT2D eigenvalue weighted by Crippen LogP contribution is 2.24. The number of hydrogen-bond acceptors (Lipinski definition) is 1.